The van der Waals surface area contributed by atoms with Crippen molar-refractivity contribution in [2.24, 2.45) is 0 Å². The van der Waals surface area contributed by atoms with Gasteiger partial charge in [0.1, 0.15) is 11.5 Å². The van der Waals surface area contributed by atoms with E-state index in [0.29, 0.717) is 18.8 Å². The molecule has 3 rings (SSSR count). The van der Waals surface area contributed by atoms with Crippen molar-refractivity contribution in [1.82, 2.24) is 19.4 Å². The molecular formula is C23H28N4O4. The van der Waals surface area contributed by atoms with Gasteiger partial charge >= 0.3 is 12.0 Å². The predicted octanol–water partition coefficient (Wildman–Crippen LogP) is 3.62. The van der Waals surface area contributed by atoms with Crippen molar-refractivity contribution >= 4 is 24.0 Å². The third kappa shape index (κ3) is 4.68. The van der Waals surface area contributed by atoms with Crippen molar-refractivity contribution in [3.63, 3.8) is 0 Å². The van der Waals surface area contributed by atoms with E-state index in [9.17, 15) is 14.4 Å². The number of amides is 3. The fourth-order valence-corrected chi connectivity index (χ4v) is 3.56. The molecule has 1 aliphatic rings. The van der Waals surface area contributed by atoms with Crippen LogP contribution in [0.2, 0.25) is 0 Å². The molecule has 2 heterocycles. The molecule has 1 fully saturated rings. The Kier molecular flexibility index (Phi) is 6.89. The Hall–Kier alpha value is -3.42. The lowest BCUT2D eigenvalue weighted by atomic mass is 10.1. The summed E-state index contributed by atoms with van der Waals surface area (Å²) < 4.78 is 2.01. The normalized spacial score (nSPS) is 15.4. The highest BCUT2D eigenvalue weighted by Gasteiger charge is 2.38. The van der Waals surface area contributed by atoms with Gasteiger partial charge < -0.3 is 9.67 Å². The second-order valence-corrected chi connectivity index (χ2v) is 7.62. The molecule has 31 heavy (non-hydrogen) atoms. The third-order valence-electron chi connectivity index (χ3n) is 5.34. The molecular weight excluding hydrogens is 396 g/mol. The molecule has 1 N–H and O–H groups in total. The van der Waals surface area contributed by atoms with Gasteiger partial charge in [0.05, 0.1) is 17.5 Å². The van der Waals surface area contributed by atoms with Crippen LogP contribution in [0.15, 0.2) is 36.2 Å². The zero-order valence-corrected chi connectivity index (χ0v) is 18.2. The van der Waals surface area contributed by atoms with Crippen LogP contribution in [-0.4, -0.2) is 56.0 Å². The quantitative estimate of drug-likeness (QED) is 0.490. The van der Waals surface area contributed by atoms with E-state index < -0.39 is 5.97 Å². The Bertz CT molecular complexity index is 1010. The summed E-state index contributed by atoms with van der Waals surface area (Å²) in [7, 11) is 1.49. The summed E-state index contributed by atoms with van der Waals surface area (Å²) in [6.07, 6.45) is 6.85. The molecule has 2 aromatic rings. The zero-order valence-electron chi connectivity index (χ0n) is 18.2. The van der Waals surface area contributed by atoms with E-state index in [1.165, 1.54) is 11.9 Å². The van der Waals surface area contributed by atoms with Crippen LogP contribution in [0.4, 0.5) is 4.79 Å². The largest absolute Gasteiger partial charge is 0.478 e. The number of rotatable bonds is 9. The van der Waals surface area contributed by atoms with E-state index >= 15 is 0 Å². The minimum atomic E-state index is -0.966. The van der Waals surface area contributed by atoms with Gasteiger partial charge in [-0.25, -0.2) is 14.6 Å². The number of carbonyl (C=O) groups is 3. The molecule has 0 unspecified atom stereocenters. The number of unbranched alkanes of at least 4 members (excludes halogenated alkanes) is 1. The SMILES string of the molecule is CCCCN1C(=O)N(C)C(=O)C1=Cc1cnc(CCC)n1Cc1ccc(C(=O)O)cc1. The maximum atomic E-state index is 12.7. The van der Waals surface area contributed by atoms with Gasteiger partial charge in [0.15, 0.2) is 0 Å². The monoisotopic (exact) mass is 424 g/mol. The molecule has 0 aliphatic carbocycles. The molecule has 1 aromatic heterocycles. The van der Waals surface area contributed by atoms with Crippen LogP contribution in [0, 0.1) is 0 Å². The Morgan fingerprint density at radius 2 is 1.84 bits per heavy atom. The van der Waals surface area contributed by atoms with E-state index in [1.807, 2.05) is 11.5 Å². The summed E-state index contributed by atoms with van der Waals surface area (Å²) in [6, 6.07) is 6.40. The summed E-state index contributed by atoms with van der Waals surface area (Å²) in [4.78, 5) is 43.5. The third-order valence-corrected chi connectivity index (χ3v) is 5.34. The van der Waals surface area contributed by atoms with Gasteiger partial charge in [0.25, 0.3) is 5.91 Å². The number of likely N-dealkylation sites (N-methyl/N-ethyl adjacent to an activating group) is 1. The smallest absolute Gasteiger partial charge is 0.335 e. The number of hydrogen-bond acceptors (Lipinski definition) is 4. The first-order valence-electron chi connectivity index (χ1n) is 10.5. The maximum Gasteiger partial charge on any atom is 0.335 e. The van der Waals surface area contributed by atoms with Crippen molar-refractivity contribution in [3.05, 3.63) is 58.8 Å². The molecule has 3 amide bonds. The highest BCUT2D eigenvalue weighted by molar-refractivity contribution is 6.13. The first-order valence-corrected chi connectivity index (χ1v) is 10.5. The van der Waals surface area contributed by atoms with Crippen LogP contribution in [0.3, 0.4) is 0 Å². The number of nitrogens with zero attached hydrogens (tertiary/aromatic N) is 4. The van der Waals surface area contributed by atoms with Crippen molar-refractivity contribution < 1.29 is 19.5 Å². The van der Waals surface area contributed by atoms with Crippen molar-refractivity contribution in [1.29, 1.82) is 0 Å². The number of aryl methyl sites for hydroxylation is 1. The first-order chi connectivity index (χ1) is 14.9. The molecule has 0 spiro atoms. The number of imidazole rings is 1. The molecule has 0 atom stereocenters. The highest BCUT2D eigenvalue weighted by atomic mass is 16.4. The number of imide groups is 1. The van der Waals surface area contributed by atoms with Crippen molar-refractivity contribution in [3.8, 4) is 0 Å². The average Bonchev–Trinajstić information content (AvgIpc) is 3.21. The maximum absolute atomic E-state index is 12.7. The topological polar surface area (TPSA) is 95.7 Å². The van der Waals surface area contributed by atoms with E-state index in [4.69, 9.17) is 5.11 Å². The lowest BCUT2D eigenvalue weighted by Crippen LogP contribution is -2.30. The number of carbonyl (C=O) groups excluding carboxylic acids is 2. The van der Waals surface area contributed by atoms with Gasteiger partial charge in [0, 0.05) is 26.6 Å². The summed E-state index contributed by atoms with van der Waals surface area (Å²) in [5.74, 6) is -0.411. The van der Waals surface area contributed by atoms with Crippen LogP contribution in [0.5, 0.6) is 0 Å². The van der Waals surface area contributed by atoms with Crippen molar-refractivity contribution in [2.75, 3.05) is 13.6 Å². The second-order valence-electron chi connectivity index (χ2n) is 7.62. The Balaban J connectivity index is 1.98. The van der Waals surface area contributed by atoms with E-state index in [-0.39, 0.29) is 17.5 Å². The molecule has 8 heteroatoms. The Labute approximate surface area is 181 Å². The molecule has 164 valence electrons. The number of aromatic carboxylic acids is 1. The molecule has 1 aromatic carbocycles. The van der Waals surface area contributed by atoms with Crippen LogP contribution in [-0.2, 0) is 17.8 Å². The predicted molar refractivity (Wildman–Crippen MR) is 116 cm³/mol. The van der Waals surface area contributed by atoms with Crippen LogP contribution in [0.1, 0.15) is 60.5 Å². The lowest BCUT2D eigenvalue weighted by Gasteiger charge is -2.16. The fourth-order valence-electron chi connectivity index (χ4n) is 3.56. The van der Waals surface area contributed by atoms with Crippen LogP contribution >= 0.6 is 0 Å². The van der Waals surface area contributed by atoms with Gasteiger partial charge in [-0.15, -0.1) is 0 Å². The molecule has 0 bridgehead atoms. The molecule has 1 saturated heterocycles. The highest BCUT2D eigenvalue weighted by Crippen LogP contribution is 2.24. The van der Waals surface area contributed by atoms with Gasteiger partial charge in [-0.3, -0.25) is 14.6 Å². The lowest BCUT2D eigenvalue weighted by molar-refractivity contribution is -0.122. The standard InChI is InChI=1S/C23H28N4O4/c1-4-6-12-26-19(21(28)25(3)23(26)31)13-18-14-24-20(7-5-2)27(18)15-16-8-10-17(11-9-16)22(29)30/h8-11,13-14H,4-7,12,15H2,1-3H3,(H,29,30). The molecule has 0 saturated carbocycles. The number of carboxylic acid groups (broad SMARTS) is 1. The van der Waals surface area contributed by atoms with E-state index in [1.54, 1.807) is 36.5 Å². The Morgan fingerprint density at radius 1 is 1.13 bits per heavy atom. The molecule has 8 nitrogen and oxygen atoms in total. The first kappa shape index (κ1) is 22.3. The number of aromatic nitrogens is 2. The van der Waals surface area contributed by atoms with Gasteiger partial charge in [-0.1, -0.05) is 32.4 Å². The van der Waals surface area contributed by atoms with Gasteiger partial charge in [0.2, 0.25) is 0 Å². The number of urea groups is 1. The number of hydrogen-bond donors (Lipinski definition) is 1. The van der Waals surface area contributed by atoms with Gasteiger partial charge in [-0.05, 0) is 36.6 Å². The average molecular weight is 425 g/mol. The summed E-state index contributed by atoms with van der Waals surface area (Å²) in [5.41, 5.74) is 2.24. The number of benzene rings is 1. The molecule has 1 aliphatic heterocycles. The summed E-state index contributed by atoms with van der Waals surface area (Å²) in [6.45, 7) is 5.09. The summed E-state index contributed by atoms with van der Waals surface area (Å²) in [5, 5.41) is 9.11. The van der Waals surface area contributed by atoms with Crippen molar-refractivity contribution in [2.45, 2.75) is 46.1 Å². The Morgan fingerprint density at radius 3 is 2.45 bits per heavy atom. The minimum absolute atomic E-state index is 0.232. The number of carboxylic acids is 1. The van der Waals surface area contributed by atoms with Gasteiger partial charge in [-0.2, -0.15) is 0 Å². The fraction of sp³-hybridized carbons (Fsp3) is 0.391. The van der Waals surface area contributed by atoms with Crippen LogP contribution < -0.4 is 0 Å². The zero-order chi connectivity index (χ0) is 22.5. The minimum Gasteiger partial charge on any atom is -0.478 e. The second kappa shape index (κ2) is 9.59. The van der Waals surface area contributed by atoms with E-state index in [2.05, 4.69) is 11.9 Å². The summed E-state index contributed by atoms with van der Waals surface area (Å²) >= 11 is 0. The van der Waals surface area contributed by atoms with E-state index in [0.717, 1.165) is 47.7 Å². The van der Waals surface area contributed by atoms with Crippen LogP contribution in [0.25, 0.3) is 6.08 Å². The molecule has 0 radical (unpaired) electrons.